The average Bonchev–Trinajstić information content (AvgIpc) is 3.07. The maximum atomic E-state index is 12.1. The summed E-state index contributed by atoms with van der Waals surface area (Å²) in [5.74, 6) is 1.37. The number of hydrogen-bond donors (Lipinski definition) is 2. The summed E-state index contributed by atoms with van der Waals surface area (Å²) in [6.45, 7) is 0.465. The van der Waals surface area contributed by atoms with Crippen molar-refractivity contribution < 1.29 is 14.3 Å². The van der Waals surface area contributed by atoms with E-state index in [1.807, 2.05) is 42.6 Å². The molecule has 0 saturated carbocycles. The first kappa shape index (κ1) is 16.9. The number of carbonyl (C=O) groups is 1. The van der Waals surface area contributed by atoms with Gasteiger partial charge in [0.05, 0.1) is 14.2 Å². The van der Waals surface area contributed by atoms with Gasteiger partial charge in [-0.3, -0.25) is 4.79 Å². The van der Waals surface area contributed by atoms with Gasteiger partial charge in [0.25, 0.3) is 0 Å². The van der Waals surface area contributed by atoms with Crippen molar-refractivity contribution in [2.75, 3.05) is 14.2 Å². The summed E-state index contributed by atoms with van der Waals surface area (Å²) in [4.78, 5) is 15.4. The van der Waals surface area contributed by atoms with Crippen molar-refractivity contribution in [3.63, 3.8) is 0 Å². The van der Waals surface area contributed by atoms with E-state index in [4.69, 9.17) is 9.47 Å². The van der Waals surface area contributed by atoms with Crippen LogP contribution in [0.5, 0.6) is 11.5 Å². The number of amides is 1. The first-order valence-electron chi connectivity index (χ1n) is 8.24. The van der Waals surface area contributed by atoms with Crippen LogP contribution < -0.4 is 14.8 Å². The van der Waals surface area contributed by atoms with Crippen LogP contribution in [0.2, 0.25) is 0 Å². The van der Waals surface area contributed by atoms with E-state index in [0.717, 1.165) is 16.6 Å². The average molecular weight is 338 g/mol. The van der Waals surface area contributed by atoms with E-state index in [2.05, 4.69) is 16.4 Å². The van der Waals surface area contributed by atoms with Crippen LogP contribution in [0.1, 0.15) is 17.5 Å². The molecule has 0 aliphatic heterocycles. The zero-order valence-electron chi connectivity index (χ0n) is 14.5. The number of ether oxygens (including phenoxy) is 2. The molecule has 130 valence electrons. The summed E-state index contributed by atoms with van der Waals surface area (Å²) in [6.07, 6.45) is 3.14. The number of H-pyrrole nitrogens is 1. The maximum Gasteiger partial charge on any atom is 0.220 e. The summed E-state index contributed by atoms with van der Waals surface area (Å²) < 4.78 is 10.5. The molecule has 5 nitrogen and oxygen atoms in total. The van der Waals surface area contributed by atoms with Crippen LogP contribution in [0, 0.1) is 0 Å². The Morgan fingerprint density at radius 2 is 1.88 bits per heavy atom. The summed E-state index contributed by atoms with van der Waals surface area (Å²) in [6, 6.07) is 13.8. The second-order valence-corrected chi connectivity index (χ2v) is 5.83. The van der Waals surface area contributed by atoms with Crippen molar-refractivity contribution in [1.82, 2.24) is 10.3 Å². The number of hydrogen-bond acceptors (Lipinski definition) is 3. The Morgan fingerprint density at radius 1 is 1.08 bits per heavy atom. The number of carbonyl (C=O) groups excluding carboxylic acids is 1. The molecule has 0 atom stereocenters. The molecule has 3 aromatic rings. The molecule has 1 heterocycles. The molecule has 0 unspecified atom stereocenters. The van der Waals surface area contributed by atoms with Crippen LogP contribution in [-0.2, 0) is 17.8 Å². The molecule has 0 bridgehead atoms. The smallest absolute Gasteiger partial charge is 0.220 e. The second kappa shape index (κ2) is 7.75. The van der Waals surface area contributed by atoms with Crippen molar-refractivity contribution in [3.8, 4) is 11.5 Å². The summed E-state index contributed by atoms with van der Waals surface area (Å²) >= 11 is 0. The highest BCUT2D eigenvalue weighted by molar-refractivity contribution is 5.84. The molecule has 0 fully saturated rings. The zero-order valence-corrected chi connectivity index (χ0v) is 14.5. The minimum atomic E-state index is 0.0278. The Labute approximate surface area is 147 Å². The third-order valence-corrected chi connectivity index (χ3v) is 4.23. The number of rotatable bonds is 7. The SMILES string of the molecule is COc1ccc(CNC(=O)CCc2c[nH]c3ccccc23)cc1OC. The molecule has 3 rings (SSSR count). The van der Waals surface area contributed by atoms with Crippen LogP contribution in [0.4, 0.5) is 0 Å². The fourth-order valence-electron chi connectivity index (χ4n) is 2.87. The molecular formula is C20H22N2O3. The lowest BCUT2D eigenvalue weighted by molar-refractivity contribution is -0.121. The largest absolute Gasteiger partial charge is 0.493 e. The Kier molecular flexibility index (Phi) is 5.23. The first-order chi connectivity index (χ1) is 12.2. The highest BCUT2D eigenvalue weighted by Gasteiger charge is 2.08. The molecule has 1 aromatic heterocycles. The van der Waals surface area contributed by atoms with Crippen molar-refractivity contribution in [3.05, 3.63) is 59.8 Å². The third kappa shape index (κ3) is 3.94. The van der Waals surface area contributed by atoms with Gasteiger partial charge >= 0.3 is 0 Å². The van der Waals surface area contributed by atoms with Gasteiger partial charge in [-0.1, -0.05) is 24.3 Å². The van der Waals surface area contributed by atoms with Crippen LogP contribution >= 0.6 is 0 Å². The van der Waals surface area contributed by atoms with E-state index in [1.54, 1.807) is 14.2 Å². The highest BCUT2D eigenvalue weighted by atomic mass is 16.5. The monoisotopic (exact) mass is 338 g/mol. The van der Waals surface area contributed by atoms with Gasteiger partial charge in [0.1, 0.15) is 0 Å². The zero-order chi connectivity index (χ0) is 17.6. The number of methoxy groups -OCH3 is 2. The van der Waals surface area contributed by atoms with E-state index in [1.165, 1.54) is 5.39 Å². The van der Waals surface area contributed by atoms with E-state index in [0.29, 0.717) is 30.9 Å². The number of nitrogens with one attached hydrogen (secondary N) is 2. The highest BCUT2D eigenvalue weighted by Crippen LogP contribution is 2.27. The van der Waals surface area contributed by atoms with Crippen LogP contribution in [0.25, 0.3) is 10.9 Å². The minimum absolute atomic E-state index is 0.0278. The fraction of sp³-hybridized carbons (Fsp3) is 0.250. The lowest BCUT2D eigenvalue weighted by Gasteiger charge is -2.10. The molecule has 2 aromatic carbocycles. The van der Waals surface area contributed by atoms with E-state index in [9.17, 15) is 4.79 Å². The first-order valence-corrected chi connectivity index (χ1v) is 8.24. The Morgan fingerprint density at radius 3 is 2.68 bits per heavy atom. The number of benzene rings is 2. The predicted molar refractivity (Wildman–Crippen MR) is 98.0 cm³/mol. The van der Waals surface area contributed by atoms with Gasteiger partial charge in [-0.2, -0.15) is 0 Å². The molecule has 5 heteroatoms. The van der Waals surface area contributed by atoms with Crippen LogP contribution in [0.15, 0.2) is 48.7 Å². The number of aromatic amines is 1. The lowest BCUT2D eigenvalue weighted by Crippen LogP contribution is -2.23. The van der Waals surface area contributed by atoms with Gasteiger partial charge in [-0.15, -0.1) is 0 Å². The van der Waals surface area contributed by atoms with Gasteiger partial charge in [0.15, 0.2) is 11.5 Å². The van der Waals surface area contributed by atoms with Crippen molar-refractivity contribution >= 4 is 16.8 Å². The Bertz CT molecular complexity index is 870. The Hall–Kier alpha value is -2.95. The second-order valence-electron chi connectivity index (χ2n) is 5.83. The van der Waals surface area contributed by atoms with Gasteiger partial charge in [-0.05, 0) is 35.7 Å². The van der Waals surface area contributed by atoms with Crippen molar-refractivity contribution in [2.24, 2.45) is 0 Å². The molecule has 0 saturated heterocycles. The molecule has 25 heavy (non-hydrogen) atoms. The van der Waals surface area contributed by atoms with Crippen molar-refractivity contribution in [2.45, 2.75) is 19.4 Å². The maximum absolute atomic E-state index is 12.1. The standard InChI is InChI=1S/C20H22N2O3/c1-24-18-9-7-14(11-19(18)25-2)12-22-20(23)10-8-15-13-21-17-6-4-3-5-16(15)17/h3-7,9,11,13,21H,8,10,12H2,1-2H3,(H,22,23). The lowest BCUT2D eigenvalue weighted by atomic mass is 10.1. The van der Waals surface area contributed by atoms with Gasteiger partial charge < -0.3 is 19.8 Å². The molecule has 0 aliphatic rings. The molecule has 2 N–H and O–H groups in total. The van der Waals surface area contributed by atoms with E-state index < -0.39 is 0 Å². The van der Waals surface area contributed by atoms with Gasteiger partial charge in [0.2, 0.25) is 5.91 Å². The third-order valence-electron chi connectivity index (χ3n) is 4.23. The number of fused-ring (bicyclic) bond motifs is 1. The van der Waals surface area contributed by atoms with Crippen LogP contribution in [0.3, 0.4) is 0 Å². The topological polar surface area (TPSA) is 63.3 Å². The molecular weight excluding hydrogens is 316 g/mol. The molecule has 1 amide bonds. The van der Waals surface area contributed by atoms with Gasteiger partial charge in [0, 0.05) is 30.1 Å². The number of aryl methyl sites for hydroxylation is 1. The summed E-state index contributed by atoms with van der Waals surface area (Å²) in [5, 5.41) is 4.13. The normalized spacial score (nSPS) is 10.6. The van der Waals surface area contributed by atoms with Crippen LogP contribution in [-0.4, -0.2) is 25.1 Å². The number of aromatic nitrogens is 1. The van der Waals surface area contributed by atoms with E-state index >= 15 is 0 Å². The van der Waals surface area contributed by atoms with E-state index in [-0.39, 0.29) is 5.91 Å². The quantitative estimate of drug-likeness (QED) is 0.694. The fourth-order valence-corrected chi connectivity index (χ4v) is 2.87. The number of para-hydroxylation sites is 1. The Balaban J connectivity index is 1.54. The predicted octanol–water partition coefficient (Wildman–Crippen LogP) is 3.43. The summed E-state index contributed by atoms with van der Waals surface area (Å²) in [5.41, 5.74) is 3.23. The summed E-state index contributed by atoms with van der Waals surface area (Å²) in [7, 11) is 3.20. The van der Waals surface area contributed by atoms with Gasteiger partial charge in [-0.25, -0.2) is 0 Å². The van der Waals surface area contributed by atoms with Crippen molar-refractivity contribution in [1.29, 1.82) is 0 Å². The molecule has 0 radical (unpaired) electrons. The molecule has 0 aliphatic carbocycles. The minimum Gasteiger partial charge on any atom is -0.493 e. The molecule has 0 spiro atoms.